The maximum Gasteiger partial charge on any atom is 0.151 e. The Labute approximate surface area is 109 Å². The molecule has 0 aromatic carbocycles. The number of aromatic nitrogens is 1. The van der Waals surface area contributed by atoms with Crippen LogP contribution in [0.3, 0.4) is 0 Å². The van der Waals surface area contributed by atoms with Gasteiger partial charge in [-0.05, 0) is 32.1 Å². The summed E-state index contributed by atoms with van der Waals surface area (Å²) in [5.41, 5.74) is 1.04. The Hall–Kier alpha value is -0.870. The quantitative estimate of drug-likeness (QED) is 0.868. The lowest BCUT2D eigenvalue weighted by molar-refractivity contribution is 0.223. The first-order valence-corrected chi connectivity index (χ1v) is 7.12. The van der Waals surface area contributed by atoms with Gasteiger partial charge >= 0.3 is 0 Å². The van der Waals surface area contributed by atoms with Crippen LogP contribution in [0.2, 0.25) is 0 Å². The topological polar surface area (TPSA) is 41.3 Å². The predicted octanol–water partition coefficient (Wildman–Crippen LogP) is 2.16. The van der Waals surface area contributed by atoms with Crippen LogP contribution in [0.15, 0.2) is 10.6 Å². The third-order valence-corrected chi connectivity index (χ3v) is 4.03. The van der Waals surface area contributed by atoms with Crippen molar-refractivity contribution in [2.75, 3.05) is 6.54 Å². The van der Waals surface area contributed by atoms with Crippen molar-refractivity contribution in [2.24, 2.45) is 5.92 Å². The Balaban J connectivity index is 1.52. The van der Waals surface area contributed by atoms with Gasteiger partial charge < -0.3 is 9.84 Å². The molecule has 2 atom stereocenters. The van der Waals surface area contributed by atoms with Gasteiger partial charge in [0.1, 0.15) is 0 Å². The normalized spacial score (nSPS) is 29.0. The monoisotopic (exact) mass is 249 g/mol. The third kappa shape index (κ3) is 2.93. The Morgan fingerprint density at radius 3 is 2.94 bits per heavy atom. The van der Waals surface area contributed by atoms with Gasteiger partial charge in [0, 0.05) is 31.2 Å². The molecule has 1 aliphatic carbocycles. The van der Waals surface area contributed by atoms with Gasteiger partial charge in [-0.3, -0.25) is 4.90 Å². The second-order valence-electron chi connectivity index (χ2n) is 6.06. The molecule has 1 aromatic rings. The SMILES string of the molecule is CC1CC(C)N(Cc2cc(CNC3CC3)no2)C1. The first kappa shape index (κ1) is 12.2. The molecule has 3 rings (SSSR count). The molecular weight excluding hydrogens is 226 g/mol. The van der Waals surface area contributed by atoms with Gasteiger partial charge in [0.2, 0.25) is 0 Å². The van der Waals surface area contributed by atoms with Crippen LogP contribution in [0.5, 0.6) is 0 Å². The third-order valence-electron chi connectivity index (χ3n) is 4.03. The van der Waals surface area contributed by atoms with Crippen molar-refractivity contribution in [1.29, 1.82) is 0 Å². The zero-order valence-corrected chi connectivity index (χ0v) is 11.4. The Bertz CT molecular complexity index is 399. The maximum absolute atomic E-state index is 5.43. The summed E-state index contributed by atoms with van der Waals surface area (Å²) in [6.07, 6.45) is 3.92. The second kappa shape index (κ2) is 5.02. The van der Waals surface area contributed by atoms with Crippen LogP contribution in [0, 0.1) is 5.92 Å². The average molecular weight is 249 g/mol. The molecule has 4 heteroatoms. The van der Waals surface area contributed by atoms with E-state index in [0.717, 1.165) is 36.5 Å². The van der Waals surface area contributed by atoms with Gasteiger partial charge in [-0.2, -0.15) is 0 Å². The first-order valence-electron chi connectivity index (χ1n) is 7.12. The van der Waals surface area contributed by atoms with E-state index in [1.165, 1.54) is 25.8 Å². The van der Waals surface area contributed by atoms with Crippen molar-refractivity contribution in [3.05, 3.63) is 17.5 Å². The van der Waals surface area contributed by atoms with Crippen LogP contribution >= 0.6 is 0 Å². The van der Waals surface area contributed by atoms with Crippen LogP contribution in [0.25, 0.3) is 0 Å². The van der Waals surface area contributed by atoms with E-state index in [9.17, 15) is 0 Å². The zero-order valence-electron chi connectivity index (χ0n) is 11.4. The summed E-state index contributed by atoms with van der Waals surface area (Å²) in [6.45, 7) is 7.55. The smallest absolute Gasteiger partial charge is 0.151 e. The molecule has 2 unspecified atom stereocenters. The van der Waals surface area contributed by atoms with Crippen LogP contribution in [0.4, 0.5) is 0 Å². The molecule has 0 amide bonds. The highest BCUT2D eigenvalue weighted by molar-refractivity contribution is 5.06. The van der Waals surface area contributed by atoms with E-state index in [1.54, 1.807) is 0 Å². The van der Waals surface area contributed by atoms with Crippen LogP contribution in [-0.4, -0.2) is 28.7 Å². The summed E-state index contributed by atoms with van der Waals surface area (Å²) < 4.78 is 5.43. The van der Waals surface area contributed by atoms with Gasteiger partial charge in [-0.25, -0.2) is 0 Å². The van der Waals surface area contributed by atoms with Gasteiger partial charge in [0.15, 0.2) is 5.76 Å². The summed E-state index contributed by atoms with van der Waals surface area (Å²) in [7, 11) is 0. The molecule has 4 nitrogen and oxygen atoms in total. The van der Waals surface area contributed by atoms with E-state index in [1.807, 2.05) is 0 Å². The lowest BCUT2D eigenvalue weighted by atomic mass is 10.1. The fraction of sp³-hybridized carbons (Fsp3) is 0.786. The largest absolute Gasteiger partial charge is 0.360 e. The molecule has 1 saturated heterocycles. The highest BCUT2D eigenvalue weighted by Crippen LogP contribution is 2.24. The molecule has 0 bridgehead atoms. The van der Waals surface area contributed by atoms with E-state index < -0.39 is 0 Å². The minimum absolute atomic E-state index is 0.665. The van der Waals surface area contributed by atoms with E-state index in [-0.39, 0.29) is 0 Å². The number of rotatable bonds is 5. The van der Waals surface area contributed by atoms with Gasteiger partial charge in [-0.15, -0.1) is 0 Å². The zero-order chi connectivity index (χ0) is 12.5. The molecule has 2 aliphatic rings. The predicted molar refractivity (Wildman–Crippen MR) is 70.0 cm³/mol. The van der Waals surface area contributed by atoms with E-state index in [4.69, 9.17) is 4.52 Å². The van der Waals surface area contributed by atoms with Crippen molar-refractivity contribution < 1.29 is 4.52 Å². The summed E-state index contributed by atoms with van der Waals surface area (Å²) in [5.74, 6) is 1.81. The molecule has 2 heterocycles. The molecular formula is C14H23N3O. The number of likely N-dealkylation sites (tertiary alicyclic amines) is 1. The lowest BCUT2D eigenvalue weighted by Crippen LogP contribution is -2.26. The number of hydrogen-bond acceptors (Lipinski definition) is 4. The highest BCUT2D eigenvalue weighted by atomic mass is 16.5. The molecule has 0 radical (unpaired) electrons. The molecule has 1 N–H and O–H groups in total. The average Bonchev–Trinajstić information content (AvgIpc) is 2.97. The summed E-state index contributed by atoms with van der Waals surface area (Å²) >= 11 is 0. The van der Waals surface area contributed by atoms with Crippen LogP contribution < -0.4 is 5.32 Å². The van der Waals surface area contributed by atoms with Crippen molar-refractivity contribution in [1.82, 2.24) is 15.4 Å². The van der Waals surface area contributed by atoms with Crippen molar-refractivity contribution in [2.45, 2.75) is 58.3 Å². The van der Waals surface area contributed by atoms with Crippen molar-refractivity contribution >= 4 is 0 Å². The minimum Gasteiger partial charge on any atom is -0.360 e. The molecule has 1 aromatic heterocycles. The Morgan fingerprint density at radius 2 is 2.28 bits per heavy atom. The Morgan fingerprint density at radius 1 is 1.44 bits per heavy atom. The van der Waals surface area contributed by atoms with Crippen molar-refractivity contribution in [3.8, 4) is 0 Å². The van der Waals surface area contributed by atoms with Crippen LogP contribution in [-0.2, 0) is 13.1 Å². The second-order valence-corrected chi connectivity index (χ2v) is 6.06. The van der Waals surface area contributed by atoms with E-state index in [0.29, 0.717) is 6.04 Å². The van der Waals surface area contributed by atoms with E-state index in [2.05, 4.69) is 35.3 Å². The fourth-order valence-electron chi connectivity index (χ4n) is 2.86. The van der Waals surface area contributed by atoms with Gasteiger partial charge in [0.25, 0.3) is 0 Å². The number of nitrogens with zero attached hydrogens (tertiary/aromatic N) is 2. The first-order chi connectivity index (χ1) is 8.70. The standard InChI is InChI=1S/C14H23N3O/c1-10-5-11(2)17(8-10)9-14-6-13(16-18-14)7-15-12-3-4-12/h6,10-12,15H,3-5,7-9H2,1-2H3. The van der Waals surface area contributed by atoms with Crippen LogP contribution in [0.1, 0.15) is 44.6 Å². The van der Waals surface area contributed by atoms with Gasteiger partial charge in [-0.1, -0.05) is 12.1 Å². The fourth-order valence-corrected chi connectivity index (χ4v) is 2.86. The molecule has 18 heavy (non-hydrogen) atoms. The molecule has 1 aliphatic heterocycles. The van der Waals surface area contributed by atoms with Crippen molar-refractivity contribution in [3.63, 3.8) is 0 Å². The summed E-state index contributed by atoms with van der Waals surface area (Å²) in [6, 6.07) is 3.49. The van der Waals surface area contributed by atoms with Gasteiger partial charge in [0.05, 0.1) is 12.2 Å². The minimum atomic E-state index is 0.665. The highest BCUT2D eigenvalue weighted by Gasteiger charge is 2.27. The summed E-state index contributed by atoms with van der Waals surface area (Å²) in [4.78, 5) is 2.49. The maximum atomic E-state index is 5.43. The molecule has 2 fully saturated rings. The molecule has 100 valence electrons. The van der Waals surface area contributed by atoms with E-state index >= 15 is 0 Å². The number of hydrogen-bond donors (Lipinski definition) is 1. The Kier molecular flexibility index (Phi) is 3.39. The summed E-state index contributed by atoms with van der Waals surface area (Å²) in [5, 5.41) is 7.60. The number of nitrogens with one attached hydrogen (secondary N) is 1. The molecule has 1 saturated carbocycles. The molecule has 0 spiro atoms. The lowest BCUT2D eigenvalue weighted by Gasteiger charge is -2.18.